The van der Waals surface area contributed by atoms with E-state index in [1.54, 1.807) is 0 Å². The van der Waals surface area contributed by atoms with Crippen molar-refractivity contribution in [2.45, 2.75) is 32.8 Å². The van der Waals surface area contributed by atoms with Gasteiger partial charge in [-0.2, -0.15) is 0 Å². The van der Waals surface area contributed by atoms with Crippen LogP contribution < -0.4 is 0 Å². The van der Waals surface area contributed by atoms with Crippen LogP contribution in [-0.2, 0) is 14.3 Å². The molecule has 0 spiro atoms. The van der Waals surface area contributed by atoms with E-state index in [9.17, 15) is 14.7 Å². The van der Waals surface area contributed by atoms with Crippen molar-refractivity contribution in [1.29, 1.82) is 0 Å². The molecule has 0 aromatic rings. The summed E-state index contributed by atoms with van der Waals surface area (Å²) < 4.78 is 5.44. The summed E-state index contributed by atoms with van der Waals surface area (Å²) >= 11 is 0. The van der Waals surface area contributed by atoms with E-state index in [0.717, 1.165) is 12.0 Å². The van der Waals surface area contributed by atoms with Gasteiger partial charge in [-0.3, -0.25) is 4.79 Å². The number of allylic oxidation sites excluding steroid dienone is 1. The monoisotopic (exact) mass is 262 g/mol. The molecule has 1 aliphatic heterocycles. The molecule has 3 aliphatic rings. The number of carbonyl (C=O) groups is 2. The molecule has 1 heterocycles. The molecule has 4 heteroatoms. The van der Waals surface area contributed by atoms with Crippen LogP contribution in [0.15, 0.2) is 23.3 Å². The summed E-state index contributed by atoms with van der Waals surface area (Å²) in [5.74, 6) is -0.498. The summed E-state index contributed by atoms with van der Waals surface area (Å²) in [5.41, 5.74) is 1.18. The first-order chi connectivity index (χ1) is 8.93. The Hall–Kier alpha value is -1.42. The maximum Gasteiger partial charge on any atom is 0.336 e. The van der Waals surface area contributed by atoms with Crippen LogP contribution in [0, 0.1) is 17.3 Å². The number of fused-ring (bicyclic) bond motifs is 1. The van der Waals surface area contributed by atoms with Gasteiger partial charge in [0.15, 0.2) is 0 Å². The first-order valence-electron chi connectivity index (χ1n) is 6.69. The van der Waals surface area contributed by atoms with E-state index in [1.165, 1.54) is 0 Å². The predicted molar refractivity (Wildman–Crippen MR) is 68.1 cm³/mol. The number of hydrogen-bond acceptors (Lipinski definition) is 4. The third-order valence-electron chi connectivity index (χ3n) is 4.43. The van der Waals surface area contributed by atoms with Crippen LogP contribution >= 0.6 is 0 Å². The van der Waals surface area contributed by atoms with Crippen LogP contribution in [0.2, 0.25) is 0 Å². The lowest BCUT2D eigenvalue weighted by atomic mass is 9.73. The Labute approximate surface area is 112 Å². The number of ether oxygens (including phenoxy) is 1. The van der Waals surface area contributed by atoms with Crippen LogP contribution in [0.5, 0.6) is 0 Å². The minimum atomic E-state index is -0.472. The molecule has 3 rings (SSSR count). The molecular weight excluding hydrogens is 244 g/mol. The molecule has 1 unspecified atom stereocenters. The number of aliphatic hydroxyl groups excluding tert-OH is 1. The summed E-state index contributed by atoms with van der Waals surface area (Å²) in [6.45, 7) is 3.84. The van der Waals surface area contributed by atoms with E-state index in [2.05, 4.69) is 13.8 Å². The fraction of sp³-hybridized carbons (Fsp3) is 0.600. The molecule has 0 amide bonds. The standard InChI is InChI=1S/C15H18O4/c1-15(2)5-10(12(17)6-15)13-9-4-3-8(9)11(7-16)14(18)19-13/h3-4,9-10,13,16H,5-7H2,1-2H3/t9-,10+,13?/m0/s1. The van der Waals surface area contributed by atoms with Crippen LogP contribution in [0.1, 0.15) is 26.7 Å². The SMILES string of the molecule is CC1(C)CC(=O)[C@H](C2OC(=O)C(CO)=C3C=C[C@@H]32)C1. The van der Waals surface area contributed by atoms with E-state index in [-0.39, 0.29) is 35.7 Å². The zero-order valence-corrected chi connectivity index (χ0v) is 11.2. The molecule has 0 aromatic carbocycles. The molecule has 2 aliphatic carbocycles. The highest BCUT2D eigenvalue weighted by molar-refractivity contribution is 5.93. The Morgan fingerprint density at radius 3 is 2.63 bits per heavy atom. The zero-order chi connectivity index (χ0) is 13.8. The summed E-state index contributed by atoms with van der Waals surface area (Å²) in [5, 5.41) is 9.21. The lowest BCUT2D eigenvalue weighted by Gasteiger charge is -2.39. The molecule has 1 N–H and O–H groups in total. The lowest BCUT2D eigenvalue weighted by molar-refractivity contribution is -0.153. The third kappa shape index (κ3) is 1.86. The van der Waals surface area contributed by atoms with Gasteiger partial charge in [-0.1, -0.05) is 26.0 Å². The highest BCUT2D eigenvalue weighted by atomic mass is 16.5. The van der Waals surface area contributed by atoms with Gasteiger partial charge in [0.2, 0.25) is 0 Å². The average molecular weight is 262 g/mol. The molecule has 0 aromatic heterocycles. The van der Waals surface area contributed by atoms with Crippen LogP contribution in [0.3, 0.4) is 0 Å². The van der Waals surface area contributed by atoms with Crippen molar-refractivity contribution in [3.63, 3.8) is 0 Å². The van der Waals surface area contributed by atoms with Crippen molar-refractivity contribution >= 4 is 11.8 Å². The van der Waals surface area contributed by atoms with Gasteiger partial charge in [0.05, 0.1) is 18.1 Å². The molecule has 19 heavy (non-hydrogen) atoms. The number of rotatable bonds is 2. The largest absolute Gasteiger partial charge is 0.457 e. The van der Waals surface area contributed by atoms with Crippen LogP contribution in [0.25, 0.3) is 0 Å². The second-order valence-electron chi connectivity index (χ2n) is 6.46. The van der Waals surface area contributed by atoms with Crippen molar-refractivity contribution in [2.75, 3.05) is 6.61 Å². The van der Waals surface area contributed by atoms with E-state index >= 15 is 0 Å². The molecule has 0 radical (unpaired) electrons. The Balaban J connectivity index is 1.89. The molecule has 3 atom stereocenters. The lowest BCUT2D eigenvalue weighted by Crippen LogP contribution is -2.43. The smallest absolute Gasteiger partial charge is 0.336 e. The van der Waals surface area contributed by atoms with E-state index < -0.39 is 5.97 Å². The van der Waals surface area contributed by atoms with E-state index in [4.69, 9.17) is 4.74 Å². The molecule has 0 bridgehead atoms. The Morgan fingerprint density at radius 2 is 2.16 bits per heavy atom. The minimum absolute atomic E-state index is 0.0112. The van der Waals surface area contributed by atoms with Gasteiger partial charge in [0.1, 0.15) is 11.9 Å². The van der Waals surface area contributed by atoms with Gasteiger partial charge < -0.3 is 9.84 Å². The van der Waals surface area contributed by atoms with Crippen molar-refractivity contribution in [3.05, 3.63) is 23.3 Å². The van der Waals surface area contributed by atoms with Gasteiger partial charge in [-0.25, -0.2) is 4.79 Å². The summed E-state index contributed by atoms with van der Waals surface area (Å²) in [4.78, 5) is 24.0. The Morgan fingerprint density at radius 1 is 1.42 bits per heavy atom. The molecule has 4 nitrogen and oxygen atoms in total. The predicted octanol–water partition coefficient (Wildman–Crippen LogP) is 1.39. The normalized spacial score (nSPS) is 36.1. The number of Topliss-reactive ketones (excluding diaryl/α,β-unsaturated/α-hetero) is 1. The van der Waals surface area contributed by atoms with Crippen molar-refractivity contribution < 1.29 is 19.4 Å². The molecular formula is C15H18O4. The fourth-order valence-electron chi connectivity index (χ4n) is 3.45. The van der Waals surface area contributed by atoms with E-state index in [1.807, 2.05) is 12.2 Å². The second kappa shape index (κ2) is 4.04. The number of aliphatic hydroxyl groups is 1. The van der Waals surface area contributed by atoms with Gasteiger partial charge >= 0.3 is 5.97 Å². The number of hydrogen-bond donors (Lipinski definition) is 1. The average Bonchev–Trinajstić information content (AvgIpc) is 2.55. The first-order valence-corrected chi connectivity index (χ1v) is 6.69. The maximum atomic E-state index is 12.1. The first kappa shape index (κ1) is 12.6. The third-order valence-corrected chi connectivity index (χ3v) is 4.43. The van der Waals surface area contributed by atoms with Gasteiger partial charge in [-0.05, 0) is 17.4 Å². The zero-order valence-electron chi connectivity index (χ0n) is 11.2. The highest BCUT2D eigenvalue weighted by Gasteiger charge is 2.49. The van der Waals surface area contributed by atoms with Crippen molar-refractivity contribution in [1.82, 2.24) is 0 Å². The number of cyclic esters (lactones) is 1. The van der Waals surface area contributed by atoms with Gasteiger partial charge in [-0.15, -0.1) is 0 Å². The summed E-state index contributed by atoms with van der Waals surface area (Å²) in [6, 6.07) is 0. The Bertz CT molecular complexity index is 512. The molecule has 0 saturated heterocycles. The molecule has 1 saturated carbocycles. The fourth-order valence-corrected chi connectivity index (χ4v) is 3.45. The number of carbonyl (C=O) groups excluding carboxylic acids is 2. The maximum absolute atomic E-state index is 12.1. The summed E-state index contributed by atoms with van der Waals surface area (Å²) in [7, 11) is 0. The molecule has 1 fully saturated rings. The van der Waals surface area contributed by atoms with Gasteiger partial charge in [0, 0.05) is 12.3 Å². The van der Waals surface area contributed by atoms with Crippen molar-refractivity contribution in [3.8, 4) is 0 Å². The topological polar surface area (TPSA) is 63.6 Å². The van der Waals surface area contributed by atoms with Gasteiger partial charge in [0.25, 0.3) is 0 Å². The highest BCUT2D eigenvalue weighted by Crippen LogP contribution is 2.47. The van der Waals surface area contributed by atoms with Crippen LogP contribution in [-0.4, -0.2) is 29.6 Å². The number of esters is 1. The minimum Gasteiger partial charge on any atom is -0.457 e. The summed E-state index contributed by atoms with van der Waals surface area (Å²) in [6.07, 6.45) is 4.73. The quantitative estimate of drug-likeness (QED) is 0.764. The number of ketones is 1. The van der Waals surface area contributed by atoms with Crippen molar-refractivity contribution in [2.24, 2.45) is 17.3 Å². The van der Waals surface area contributed by atoms with E-state index in [0.29, 0.717) is 12.0 Å². The molecule has 102 valence electrons. The van der Waals surface area contributed by atoms with Crippen LogP contribution in [0.4, 0.5) is 0 Å². The Kier molecular flexibility index (Phi) is 2.68. The second-order valence-corrected chi connectivity index (χ2v) is 6.46.